The minimum Gasteiger partial charge on any atom is -0.492 e. The molecule has 2 aromatic rings. The number of carbonyl (C=O) groups is 1. The van der Waals surface area contributed by atoms with Crippen LogP contribution >= 0.6 is 0 Å². The van der Waals surface area contributed by atoms with Crippen molar-refractivity contribution in [1.29, 1.82) is 0 Å². The van der Waals surface area contributed by atoms with Crippen LogP contribution in [0.5, 0.6) is 5.75 Å². The van der Waals surface area contributed by atoms with Crippen LogP contribution < -0.4 is 14.4 Å². The fraction of sp³-hybridized carbons (Fsp3) is 0.458. The molecule has 1 heterocycles. The van der Waals surface area contributed by atoms with Crippen LogP contribution in [-0.4, -0.2) is 83.7 Å². The van der Waals surface area contributed by atoms with E-state index in [1.807, 2.05) is 0 Å². The standard InChI is InChI=1S/C24H32N4O9S2/c1-4-22(27(38(3,32)33)23-17-19(28(30)31)6-5-18(23)2)24(29)25-11-14-37-20-7-9-21(10-8-20)39(34,35)26-12-15-36-16-13-26/h5-10,17,22H,4,11-16H2,1-3H3,(H,25,29)/t22-/m0/s1. The smallest absolute Gasteiger partial charge is 0.271 e. The first kappa shape index (κ1) is 30.3. The second-order valence-electron chi connectivity index (χ2n) is 8.84. The van der Waals surface area contributed by atoms with Crippen molar-refractivity contribution in [2.75, 3.05) is 50.0 Å². The van der Waals surface area contributed by atoms with Gasteiger partial charge in [0.05, 0.1) is 41.5 Å². The lowest BCUT2D eigenvalue weighted by Gasteiger charge is -2.31. The lowest BCUT2D eigenvalue weighted by Crippen LogP contribution is -2.50. The summed E-state index contributed by atoms with van der Waals surface area (Å²) in [5.41, 5.74) is 0.216. The predicted octanol–water partition coefficient (Wildman–Crippen LogP) is 1.66. The molecule has 0 aliphatic carbocycles. The molecule has 0 saturated carbocycles. The Morgan fingerprint density at radius 3 is 2.36 bits per heavy atom. The van der Waals surface area contributed by atoms with E-state index < -0.39 is 36.9 Å². The van der Waals surface area contributed by atoms with Crippen LogP contribution in [0.2, 0.25) is 0 Å². The van der Waals surface area contributed by atoms with Gasteiger partial charge in [-0.1, -0.05) is 13.0 Å². The summed E-state index contributed by atoms with van der Waals surface area (Å²) in [5.74, 6) is -0.202. The highest BCUT2D eigenvalue weighted by molar-refractivity contribution is 7.92. The molecule has 15 heteroatoms. The number of ether oxygens (including phenoxy) is 2. The number of nitrogens with zero attached hydrogens (tertiary/aromatic N) is 3. The van der Waals surface area contributed by atoms with Crippen molar-refractivity contribution in [3.05, 3.63) is 58.1 Å². The van der Waals surface area contributed by atoms with Gasteiger partial charge in [0, 0.05) is 25.2 Å². The zero-order chi connectivity index (χ0) is 28.8. The van der Waals surface area contributed by atoms with Crippen LogP contribution in [0.1, 0.15) is 18.9 Å². The Morgan fingerprint density at radius 1 is 1.15 bits per heavy atom. The fourth-order valence-electron chi connectivity index (χ4n) is 4.09. The molecule has 214 valence electrons. The molecule has 39 heavy (non-hydrogen) atoms. The summed E-state index contributed by atoms with van der Waals surface area (Å²) in [7, 11) is -7.61. The quantitative estimate of drug-likeness (QED) is 0.222. The minimum atomic E-state index is -3.98. The lowest BCUT2D eigenvalue weighted by molar-refractivity contribution is -0.384. The second-order valence-corrected chi connectivity index (χ2v) is 12.6. The SMILES string of the molecule is CC[C@@H](C(=O)NCCOc1ccc(S(=O)(=O)N2CCOCC2)cc1)N(c1cc([N+](=O)[O-])ccc1C)S(C)(=O)=O. The van der Waals surface area contributed by atoms with Crippen molar-refractivity contribution < 1.29 is 36.0 Å². The molecule has 0 aromatic heterocycles. The Labute approximate surface area is 227 Å². The highest BCUT2D eigenvalue weighted by Gasteiger charge is 2.33. The molecule has 0 spiro atoms. The van der Waals surface area contributed by atoms with Gasteiger partial charge in [0.25, 0.3) is 5.69 Å². The number of benzene rings is 2. The summed E-state index contributed by atoms with van der Waals surface area (Å²) >= 11 is 0. The number of nitro groups is 1. The highest BCUT2D eigenvalue weighted by atomic mass is 32.2. The number of nitrogens with one attached hydrogen (secondary N) is 1. The fourth-order valence-corrected chi connectivity index (χ4v) is 6.76. The third-order valence-corrected chi connectivity index (χ3v) is 9.15. The summed E-state index contributed by atoms with van der Waals surface area (Å²) in [5, 5.41) is 13.9. The molecule has 1 aliphatic heterocycles. The number of aryl methyl sites for hydroxylation is 1. The van der Waals surface area contributed by atoms with Gasteiger partial charge in [-0.3, -0.25) is 19.2 Å². The molecule has 1 saturated heterocycles. The first-order chi connectivity index (χ1) is 18.4. The Balaban J connectivity index is 1.63. The van der Waals surface area contributed by atoms with E-state index in [0.29, 0.717) is 24.5 Å². The van der Waals surface area contributed by atoms with Crippen LogP contribution in [0.15, 0.2) is 47.4 Å². The third-order valence-electron chi connectivity index (χ3n) is 6.07. The molecule has 1 atom stereocenters. The number of sulfonamides is 2. The Kier molecular flexibility index (Phi) is 9.88. The number of anilines is 1. The van der Waals surface area contributed by atoms with E-state index in [4.69, 9.17) is 9.47 Å². The number of non-ortho nitro benzene ring substituents is 1. The number of rotatable bonds is 12. The molecule has 13 nitrogen and oxygen atoms in total. The van der Waals surface area contributed by atoms with Gasteiger partial charge in [-0.05, 0) is 43.2 Å². The van der Waals surface area contributed by atoms with Crippen LogP contribution in [0, 0.1) is 17.0 Å². The zero-order valence-corrected chi connectivity index (χ0v) is 23.5. The van der Waals surface area contributed by atoms with Crippen LogP contribution in [0.4, 0.5) is 11.4 Å². The number of carbonyl (C=O) groups excluding carboxylic acids is 1. The second kappa shape index (κ2) is 12.7. The summed E-state index contributed by atoms with van der Waals surface area (Å²) in [6.07, 6.45) is 1.05. The topological polar surface area (TPSA) is 165 Å². The largest absolute Gasteiger partial charge is 0.492 e. The average Bonchev–Trinajstić information content (AvgIpc) is 2.90. The number of hydrogen-bond donors (Lipinski definition) is 1. The Bertz CT molecular complexity index is 1390. The van der Waals surface area contributed by atoms with E-state index in [2.05, 4.69) is 5.32 Å². The van der Waals surface area contributed by atoms with E-state index in [1.165, 1.54) is 40.7 Å². The molecule has 1 amide bonds. The zero-order valence-electron chi connectivity index (χ0n) is 21.9. The number of nitro benzene ring substituents is 1. The third kappa shape index (κ3) is 7.44. The van der Waals surface area contributed by atoms with E-state index >= 15 is 0 Å². The average molecular weight is 585 g/mol. The van der Waals surface area contributed by atoms with Gasteiger partial charge in [0.2, 0.25) is 26.0 Å². The van der Waals surface area contributed by atoms with Gasteiger partial charge < -0.3 is 14.8 Å². The summed E-state index contributed by atoms with van der Waals surface area (Å²) in [6, 6.07) is 8.60. The molecular formula is C24H32N4O9S2. The van der Waals surface area contributed by atoms with Gasteiger partial charge >= 0.3 is 0 Å². The van der Waals surface area contributed by atoms with Crippen molar-refractivity contribution in [3.63, 3.8) is 0 Å². The minimum absolute atomic E-state index is 0.0342. The van der Waals surface area contributed by atoms with E-state index in [-0.39, 0.29) is 48.9 Å². The van der Waals surface area contributed by atoms with Crippen LogP contribution in [0.3, 0.4) is 0 Å². The maximum absolute atomic E-state index is 13.0. The van der Waals surface area contributed by atoms with Crippen LogP contribution in [-0.2, 0) is 29.6 Å². The van der Waals surface area contributed by atoms with E-state index in [1.54, 1.807) is 13.8 Å². The monoisotopic (exact) mass is 584 g/mol. The van der Waals surface area contributed by atoms with Gasteiger partial charge in [0.15, 0.2) is 0 Å². The van der Waals surface area contributed by atoms with Gasteiger partial charge in [-0.15, -0.1) is 0 Å². The maximum Gasteiger partial charge on any atom is 0.271 e. The van der Waals surface area contributed by atoms with Crippen molar-refractivity contribution in [1.82, 2.24) is 9.62 Å². The molecule has 0 bridgehead atoms. The van der Waals surface area contributed by atoms with Gasteiger partial charge in [-0.25, -0.2) is 16.8 Å². The molecule has 1 aliphatic rings. The normalized spacial score (nSPS) is 15.4. The first-order valence-electron chi connectivity index (χ1n) is 12.2. The van der Waals surface area contributed by atoms with Gasteiger partial charge in [0.1, 0.15) is 18.4 Å². The van der Waals surface area contributed by atoms with E-state index in [0.717, 1.165) is 16.6 Å². The van der Waals surface area contributed by atoms with Gasteiger partial charge in [-0.2, -0.15) is 4.31 Å². The number of amides is 1. The molecule has 1 fully saturated rings. The van der Waals surface area contributed by atoms with Crippen molar-refractivity contribution in [3.8, 4) is 5.75 Å². The molecule has 2 aromatic carbocycles. The Morgan fingerprint density at radius 2 is 1.79 bits per heavy atom. The highest BCUT2D eigenvalue weighted by Crippen LogP contribution is 2.30. The molecule has 1 N–H and O–H groups in total. The summed E-state index contributed by atoms with van der Waals surface area (Å²) < 4.78 is 63.9. The molecule has 3 rings (SSSR count). The molecule has 0 radical (unpaired) electrons. The number of hydrogen-bond acceptors (Lipinski definition) is 9. The number of morpholine rings is 1. The van der Waals surface area contributed by atoms with E-state index in [9.17, 15) is 31.7 Å². The molecular weight excluding hydrogens is 552 g/mol. The summed E-state index contributed by atoms with van der Waals surface area (Å²) in [4.78, 5) is 23.7. The lowest BCUT2D eigenvalue weighted by atomic mass is 10.1. The summed E-state index contributed by atoms with van der Waals surface area (Å²) in [6.45, 7) is 4.58. The molecule has 0 unspecified atom stereocenters. The van der Waals surface area contributed by atoms with Crippen LogP contribution in [0.25, 0.3) is 0 Å². The predicted molar refractivity (Wildman–Crippen MR) is 144 cm³/mol. The van der Waals surface area contributed by atoms with Crippen molar-refractivity contribution in [2.24, 2.45) is 0 Å². The van der Waals surface area contributed by atoms with Crippen molar-refractivity contribution >= 4 is 37.3 Å². The Hall–Kier alpha value is -3.27. The van der Waals surface area contributed by atoms with Crippen molar-refractivity contribution in [2.45, 2.75) is 31.2 Å². The first-order valence-corrected chi connectivity index (χ1v) is 15.5. The maximum atomic E-state index is 13.0.